The second kappa shape index (κ2) is 4.75. The van der Waals surface area contributed by atoms with Crippen molar-refractivity contribution in [1.82, 2.24) is 10.2 Å². The third-order valence-electron chi connectivity index (χ3n) is 4.04. The number of nitrogens with zero attached hydrogens (tertiary/aromatic N) is 1. The molecule has 0 amide bonds. The van der Waals surface area contributed by atoms with Crippen molar-refractivity contribution in [2.75, 3.05) is 19.6 Å². The molecule has 0 spiro atoms. The Kier molecular flexibility index (Phi) is 3.12. The van der Waals surface area contributed by atoms with Crippen LogP contribution in [-0.4, -0.2) is 30.6 Å². The van der Waals surface area contributed by atoms with Gasteiger partial charge in [-0.15, -0.1) is 0 Å². The number of rotatable bonds is 1. The zero-order valence-electron chi connectivity index (χ0n) is 10.1. The van der Waals surface area contributed by atoms with Crippen LogP contribution in [0.15, 0.2) is 18.2 Å². The van der Waals surface area contributed by atoms with E-state index >= 15 is 0 Å². The summed E-state index contributed by atoms with van der Waals surface area (Å²) in [5, 5.41) is 3.40. The van der Waals surface area contributed by atoms with Crippen molar-refractivity contribution >= 4 is 0 Å². The summed E-state index contributed by atoms with van der Waals surface area (Å²) in [5.74, 6) is -0.101. The van der Waals surface area contributed by atoms with E-state index in [0.717, 1.165) is 32.6 Å². The van der Waals surface area contributed by atoms with E-state index in [2.05, 4.69) is 10.2 Å². The number of hydrogen-bond donors (Lipinski definition) is 1. The van der Waals surface area contributed by atoms with E-state index in [0.29, 0.717) is 6.04 Å². The van der Waals surface area contributed by atoms with Crippen LogP contribution in [0.25, 0.3) is 0 Å². The van der Waals surface area contributed by atoms with Crippen molar-refractivity contribution in [3.63, 3.8) is 0 Å². The summed E-state index contributed by atoms with van der Waals surface area (Å²) in [5.41, 5.74) is 2.52. The Morgan fingerprint density at radius 2 is 2.00 bits per heavy atom. The van der Waals surface area contributed by atoms with E-state index in [-0.39, 0.29) is 5.82 Å². The first-order valence-electron chi connectivity index (χ1n) is 6.55. The monoisotopic (exact) mass is 234 g/mol. The van der Waals surface area contributed by atoms with Gasteiger partial charge >= 0.3 is 0 Å². The number of benzene rings is 1. The quantitative estimate of drug-likeness (QED) is 0.799. The number of halogens is 1. The van der Waals surface area contributed by atoms with Gasteiger partial charge in [0.25, 0.3) is 0 Å². The highest BCUT2D eigenvalue weighted by Gasteiger charge is 2.24. The molecule has 17 heavy (non-hydrogen) atoms. The van der Waals surface area contributed by atoms with Gasteiger partial charge in [0.15, 0.2) is 0 Å². The smallest absolute Gasteiger partial charge is 0.123 e. The van der Waals surface area contributed by atoms with Crippen molar-refractivity contribution < 1.29 is 4.39 Å². The zero-order valence-corrected chi connectivity index (χ0v) is 10.1. The Bertz CT molecular complexity index is 399. The average Bonchev–Trinajstić information content (AvgIpc) is 2.39. The van der Waals surface area contributed by atoms with E-state index in [1.165, 1.54) is 24.0 Å². The Balaban J connectivity index is 1.75. The Hall–Kier alpha value is -0.930. The average molecular weight is 234 g/mol. The molecule has 0 atom stereocenters. The molecule has 2 aliphatic heterocycles. The molecule has 0 radical (unpaired) electrons. The van der Waals surface area contributed by atoms with Crippen LogP contribution in [0.3, 0.4) is 0 Å². The van der Waals surface area contributed by atoms with E-state index in [1.54, 1.807) is 12.1 Å². The van der Waals surface area contributed by atoms with Crippen LogP contribution >= 0.6 is 0 Å². The molecule has 2 nitrogen and oxygen atoms in total. The highest BCUT2D eigenvalue weighted by molar-refractivity contribution is 5.30. The molecule has 0 saturated carbocycles. The standard InChI is InChI=1S/C14H19FN2/c15-13-2-1-11-5-8-17(10-12(11)9-13)14-3-6-16-7-4-14/h1-2,9,14,16H,3-8,10H2. The van der Waals surface area contributed by atoms with Gasteiger partial charge in [0, 0.05) is 19.1 Å². The molecule has 1 aromatic carbocycles. The summed E-state index contributed by atoms with van der Waals surface area (Å²) in [6.07, 6.45) is 3.52. The molecule has 3 heteroatoms. The lowest BCUT2D eigenvalue weighted by atomic mass is 9.96. The maximum atomic E-state index is 13.2. The fourth-order valence-corrected chi connectivity index (χ4v) is 3.03. The van der Waals surface area contributed by atoms with Crippen LogP contribution in [0.1, 0.15) is 24.0 Å². The normalized spacial score (nSPS) is 22.4. The largest absolute Gasteiger partial charge is 0.317 e. The summed E-state index contributed by atoms with van der Waals surface area (Å²) in [6, 6.07) is 5.93. The van der Waals surface area contributed by atoms with E-state index in [4.69, 9.17) is 0 Å². The lowest BCUT2D eigenvalue weighted by molar-refractivity contribution is 0.147. The maximum Gasteiger partial charge on any atom is 0.123 e. The van der Waals surface area contributed by atoms with E-state index in [9.17, 15) is 4.39 Å². The van der Waals surface area contributed by atoms with Gasteiger partial charge in [0.1, 0.15) is 5.82 Å². The summed E-state index contributed by atoms with van der Waals surface area (Å²) < 4.78 is 13.2. The van der Waals surface area contributed by atoms with Crippen molar-refractivity contribution in [2.45, 2.75) is 31.8 Å². The summed E-state index contributed by atoms with van der Waals surface area (Å²) in [6.45, 7) is 4.30. The van der Waals surface area contributed by atoms with Crippen LogP contribution in [0, 0.1) is 5.82 Å². The van der Waals surface area contributed by atoms with Crippen molar-refractivity contribution in [2.24, 2.45) is 0 Å². The molecule has 2 heterocycles. The highest BCUT2D eigenvalue weighted by Crippen LogP contribution is 2.24. The molecule has 0 aliphatic carbocycles. The van der Waals surface area contributed by atoms with Gasteiger partial charge in [0.05, 0.1) is 0 Å². The Labute approximate surface area is 102 Å². The van der Waals surface area contributed by atoms with Gasteiger partial charge in [-0.05, 0) is 55.6 Å². The Morgan fingerprint density at radius 1 is 1.18 bits per heavy atom. The topological polar surface area (TPSA) is 15.3 Å². The van der Waals surface area contributed by atoms with Gasteiger partial charge in [-0.2, -0.15) is 0 Å². The minimum atomic E-state index is -0.101. The minimum Gasteiger partial charge on any atom is -0.317 e. The van der Waals surface area contributed by atoms with Gasteiger partial charge < -0.3 is 5.32 Å². The third-order valence-corrected chi connectivity index (χ3v) is 4.04. The molecule has 3 rings (SSSR count). The molecular formula is C14H19FN2. The first-order valence-corrected chi connectivity index (χ1v) is 6.55. The highest BCUT2D eigenvalue weighted by atomic mass is 19.1. The van der Waals surface area contributed by atoms with E-state index in [1.807, 2.05) is 6.07 Å². The molecule has 0 aromatic heterocycles. The van der Waals surface area contributed by atoms with Crippen LogP contribution in [0.4, 0.5) is 4.39 Å². The lowest BCUT2D eigenvalue weighted by Gasteiger charge is -2.37. The van der Waals surface area contributed by atoms with Crippen LogP contribution < -0.4 is 5.32 Å². The molecule has 1 aromatic rings. The molecule has 92 valence electrons. The van der Waals surface area contributed by atoms with Crippen molar-refractivity contribution in [1.29, 1.82) is 0 Å². The molecule has 1 saturated heterocycles. The number of fused-ring (bicyclic) bond motifs is 1. The molecule has 1 N–H and O–H groups in total. The summed E-state index contributed by atoms with van der Waals surface area (Å²) in [7, 11) is 0. The molecule has 1 fully saturated rings. The minimum absolute atomic E-state index is 0.101. The van der Waals surface area contributed by atoms with Gasteiger partial charge in [-0.1, -0.05) is 6.07 Å². The van der Waals surface area contributed by atoms with Crippen LogP contribution in [-0.2, 0) is 13.0 Å². The molecule has 0 unspecified atom stereocenters. The predicted molar refractivity (Wildman–Crippen MR) is 66.4 cm³/mol. The van der Waals surface area contributed by atoms with Crippen LogP contribution in [0.2, 0.25) is 0 Å². The fourth-order valence-electron chi connectivity index (χ4n) is 3.03. The van der Waals surface area contributed by atoms with Gasteiger partial charge in [0.2, 0.25) is 0 Å². The first kappa shape index (κ1) is 11.2. The van der Waals surface area contributed by atoms with Crippen molar-refractivity contribution in [3.8, 4) is 0 Å². The second-order valence-electron chi connectivity index (χ2n) is 5.11. The number of piperidine rings is 1. The summed E-state index contributed by atoms with van der Waals surface area (Å²) >= 11 is 0. The SMILES string of the molecule is Fc1ccc2c(c1)CN(C1CCNCC1)CC2. The van der Waals surface area contributed by atoms with Gasteiger partial charge in [-0.3, -0.25) is 4.90 Å². The van der Waals surface area contributed by atoms with Crippen molar-refractivity contribution in [3.05, 3.63) is 35.1 Å². The molecule has 0 bridgehead atoms. The van der Waals surface area contributed by atoms with Crippen LogP contribution in [0.5, 0.6) is 0 Å². The fraction of sp³-hybridized carbons (Fsp3) is 0.571. The first-order chi connectivity index (χ1) is 8.33. The maximum absolute atomic E-state index is 13.2. The lowest BCUT2D eigenvalue weighted by Crippen LogP contribution is -2.45. The van der Waals surface area contributed by atoms with E-state index < -0.39 is 0 Å². The number of nitrogens with one attached hydrogen (secondary N) is 1. The third kappa shape index (κ3) is 2.35. The molecular weight excluding hydrogens is 215 g/mol. The second-order valence-corrected chi connectivity index (χ2v) is 5.11. The Morgan fingerprint density at radius 3 is 2.82 bits per heavy atom. The molecule has 2 aliphatic rings. The zero-order chi connectivity index (χ0) is 11.7. The summed E-state index contributed by atoms with van der Waals surface area (Å²) in [4.78, 5) is 2.53. The van der Waals surface area contributed by atoms with Gasteiger partial charge in [-0.25, -0.2) is 4.39 Å². The number of hydrogen-bond acceptors (Lipinski definition) is 2. The predicted octanol–water partition coefficient (Wildman–Crippen LogP) is 1.94.